The lowest BCUT2D eigenvalue weighted by Gasteiger charge is -2.30. The van der Waals surface area contributed by atoms with Crippen LogP contribution < -0.4 is 5.73 Å². The molecule has 2 rings (SSSR count). The Kier molecular flexibility index (Phi) is 3.06. The average molecular weight is 208 g/mol. The molecule has 82 valence electrons. The smallest absolute Gasteiger partial charge is 0.289 e. The van der Waals surface area contributed by atoms with Crippen LogP contribution in [-0.2, 0) is 0 Å². The van der Waals surface area contributed by atoms with E-state index in [0.29, 0.717) is 11.7 Å². The normalized spacial score (nSPS) is 18.1. The molecular weight excluding hydrogens is 192 g/mol. The highest BCUT2D eigenvalue weighted by atomic mass is 16.3. The lowest BCUT2D eigenvalue weighted by molar-refractivity contribution is 0.0661. The SMILES string of the molecule is NCC1CCN(C(=O)c2ccco2)CC1. The molecule has 0 unspecified atom stereocenters. The van der Waals surface area contributed by atoms with Crippen LogP contribution in [0.5, 0.6) is 0 Å². The highest BCUT2D eigenvalue weighted by Crippen LogP contribution is 2.17. The summed E-state index contributed by atoms with van der Waals surface area (Å²) in [7, 11) is 0. The minimum absolute atomic E-state index is 0.00419. The van der Waals surface area contributed by atoms with Crippen molar-refractivity contribution in [3.05, 3.63) is 24.2 Å². The van der Waals surface area contributed by atoms with Gasteiger partial charge in [0.15, 0.2) is 5.76 Å². The molecule has 4 nitrogen and oxygen atoms in total. The molecule has 1 aliphatic heterocycles. The summed E-state index contributed by atoms with van der Waals surface area (Å²) in [5, 5.41) is 0. The van der Waals surface area contributed by atoms with Gasteiger partial charge in [-0.05, 0) is 37.4 Å². The number of piperidine rings is 1. The van der Waals surface area contributed by atoms with E-state index >= 15 is 0 Å². The number of carbonyl (C=O) groups is 1. The zero-order valence-electron chi connectivity index (χ0n) is 8.69. The highest BCUT2D eigenvalue weighted by molar-refractivity contribution is 5.91. The number of likely N-dealkylation sites (tertiary alicyclic amines) is 1. The maximum Gasteiger partial charge on any atom is 0.289 e. The first-order valence-electron chi connectivity index (χ1n) is 5.34. The van der Waals surface area contributed by atoms with Crippen molar-refractivity contribution in [1.82, 2.24) is 4.90 Å². The number of furan rings is 1. The van der Waals surface area contributed by atoms with Crippen molar-refractivity contribution in [3.63, 3.8) is 0 Å². The van der Waals surface area contributed by atoms with E-state index in [1.54, 1.807) is 12.1 Å². The molecule has 1 saturated heterocycles. The zero-order chi connectivity index (χ0) is 10.7. The fourth-order valence-corrected chi connectivity index (χ4v) is 1.93. The molecule has 1 amide bonds. The Bertz CT molecular complexity index is 313. The van der Waals surface area contributed by atoms with E-state index in [0.717, 1.165) is 32.5 Å². The van der Waals surface area contributed by atoms with Gasteiger partial charge in [-0.3, -0.25) is 4.79 Å². The molecule has 0 aliphatic carbocycles. The molecule has 1 aromatic heterocycles. The fraction of sp³-hybridized carbons (Fsp3) is 0.545. The predicted octanol–water partition coefficient (Wildman–Crippen LogP) is 1.09. The van der Waals surface area contributed by atoms with Crippen LogP contribution in [0.4, 0.5) is 0 Å². The van der Waals surface area contributed by atoms with Crippen LogP contribution in [0.2, 0.25) is 0 Å². The Balaban J connectivity index is 1.93. The second-order valence-corrected chi connectivity index (χ2v) is 3.95. The quantitative estimate of drug-likeness (QED) is 0.791. The van der Waals surface area contributed by atoms with Crippen molar-refractivity contribution < 1.29 is 9.21 Å². The van der Waals surface area contributed by atoms with Gasteiger partial charge in [-0.25, -0.2) is 0 Å². The maximum atomic E-state index is 11.9. The second-order valence-electron chi connectivity index (χ2n) is 3.95. The Morgan fingerprint density at radius 1 is 1.53 bits per heavy atom. The number of carbonyl (C=O) groups excluding carboxylic acids is 1. The Morgan fingerprint density at radius 3 is 2.80 bits per heavy atom. The molecule has 2 N–H and O–H groups in total. The average Bonchev–Trinajstić information content (AvgIpc) is 2.82. The minimum atomic E-state index is -0.00419. The number of amides is 1. The van der Waals surface area contributed by atoms with Crippen molar-refractivity contribution in [3.8, 4) is 0 Å². The van der Waals surface area contributed by atoms with E-state index in [1.165, 1.54) is 6.26 Å². The van der Waals surface area contributed by atoms with Crippen LogP contribution in [-0.4, -0.2) is 30.4 Å². The summed E-state index contributed by atoms with van der Waals surface area (Å²) in [6.07, 6.45) is 3.53. The Labute approximate surface area is 89.0 Å². The molecule has 0 radical (unpaired) electrons. The molecule has 15 heavy (non-hydrogen) atoms. The summed E-state index contributed by atoms with van der Waals surface area (Å²) in [6.45, 7) is 2.31. The summed E-state index contributed by atoms with van der Waals surface area (Å²) in [4.78, 5) is 13.7. The summed E-state index contributed by atoms with van der Waals surface area (Å²) >= 11 is 0. The Morgan fingerprint density at radius 2 is 2.27 bits per heavy atom. The summed E-state index contributed by atoms with van der Waals surface area (Å²) < 4.78 is 5.09. The van der Waals surface area contributed by atoms with Crippen molar-refractivity contribution in [2.75, 3.05) is 19.6 Å². The molecule has 1 aromatic rings. The third-order valence-corrected chi connectivity index (χ3v) is 2.97. The lowest BCUT2D eigenvalue weighted by Crippen LogP contribution is -2.39. The van der Waals surface area contributed by atoms with Crippen molar-refractivity contribution in [2.24, 2.45) is 11.7 Å². The second kappa shape index (κ2) is 4.49. The molecule has 0 saturated carbocycles. The van der Waals surface area contributed by atoms with Crippen molar-refractivity contribution in [2.45, 2.75) is 12.8 Å². The van der Waals surface area contributed by atoms with Crippen LogP contribution in [0.3, 0.4) is 0 Å². The number of hydrogen-bond donors (Lipinski definition) is 1. The monoisotopic (exact) mass is 208 g/mol. The topological polar surface area (TPSA) is 59.5 Å². The van der Waals surface area contributed by atoms with Gasteiger partial charge in [-0.15, -0.1) is 0 Å². The molecule has 1 aliphatic rings. The lowest BCUT2D eigenvalue weighted by atomic mass is 9.97. The molecule has 2 heterocycles. The van der Waals surface area contributed by atoms with E-state index < -0.39 is 0 Å². The third kappa shape index (κ3) is 2.21. The summed E-state index contributed by atoms with van der Waals surface area (Å²) in [6, 6.07) is 3.44. The first kappa shape index (κ1) is 10.2. The van der Waals surface area contributed by atoms with Gasteiger partial charge < -0.3 is 15.1 Å². The molecular formula is C11H16N2O2. The predicted molar refractivity (Wildman–Crippen MR) is 56.4 cm³/mol. The minimum Gasteiger partial charge on any atom is -0.459 e. The summed E-state index contributed by atoms with van der Waals surface area (Å²) in [5.41, 5.74) is 5.60. The van der Waals surface area contributed by atoms with Gasteiger partial charge in [0.25, 0.3) is 5.91 Å². The molecule has 0 bridgehead atoms. The van der Waals surface area contributed by atoms with E-state index in [9.17, 15) is 4.79 Å². The Hall–Kier alpha value is -1.29. The molecule has 0 spiro atoms. The third-order valence-electron chi connectivity index (χ3n) is 2.97. The molecule has 0 atom stereocenters. The first-order chi connectivity index (χ1) is 7.31. The van der Waals surface area contributed by atoms with Crippen LogP contribution >= 0.6 is 0 Å². The zero-order valence-corrected chi connectivity index (χ0v) is 8.69. The van der Waals surface area contributed by atoms with Crippen LogP contribution in [0.1, 0.15) is 23.4 Å². The van der Waals surface area contributed by atoms with E-state index in [4.69, 9.17) is 10.2 Å². The molecule has 1 fully saturated rings. The number of hydrogen-bond acceptors (Lipinski definition) is 3. The van der Waals surface area contributed by atoms with Gasteiger partial charge in [-0.1, -0.05) is 0 Å². The van der Waals surface area contributed by atoms with Gasteiger partial charge in [0.2, 0.25) is 0 Å². The first-order valence-corrected chi connectivity index (χ1v) is 5.34. The summed E-state index contributed by atoms with van der Waals surface area (Å²) in [5.74, 6) is 1.00. The highest BCUT2D eigenvalue weighted by Gasteiger charge is 2.23. The van der Waals surface area contributed by atoms with Gasteiger partial charge in [0, 0.05) is 13.1 Å². The van der Waals surface area contributed by atoms with Gasteiger partial charge >= 0.3 is 0 Å². The number of nitrogens with zero attached hydrogens (tertiary/aromatic N) is 1. The number of rotatable bonds is 2. The van der Waals surface area contributed by atoms with Crippen molar-refractivity contribution >= 4 is 5.91 Å². The van der Waals surface area contributed by atoms with E-state index in [2.05, 4.69) is 0 Å². The number of nitrogens with two attached hydrogens (primary N) is 1. The maximum absolute atomic E-state index is 11.9. The van der Waals surface area contributed by atoms with Gasteiger partial charge in [0.05, 0.1) is 6.26 Å². The van der Waals surface area contributed by atoms with Crippen molar-refractivity contribution in [1.29, 1.82) is 0 Å². The van der Waals surface area contributed by atoms with Crippen LogP contribution in [0.15, 0.2) is 22.8 Å². The van der Waals surface area contributed by atoms with E-state index in [-0.39, 0.29) is 5.91 Å². The van der Waals surface area contributed by atoms with E-state index in [1.807, 2.05) is 4.90 Å². The largest absolute Gasteiger partial charge is 0.459 e. The standard InChI is InChI=1S/C11H16N2O2/c12-8-9-3-5-13(6-4-9)11(14)10-2-1-7-15-10/h1-2,7,9H,3-6,8,12H2. The van der Waals surface area contributed by atoms with Gasteiger partial charge in [-0.2, -0.15) is 0 Å². The molecule has 0 aromatic carbocycles. The van der Waals surface area contributed by atoms with Gasteiger partial charge in [0.1, 0.15) is 0 Å². The molecule has 4 heteroatoms. The fourth-order valence-electron chi connectivity index (χ4n) is 1.93. The van der Waals surface area contributed by atoms with Crippen LogP contribution in [0.25, 0.3) is 0 Å². The van der Waals surface area contributed by atoms with Crippen LogP contribution in [0, 0.1) is 5.92 Å².